The Labute approximate surface area is 157 Å². The van der Waals surface area contributed by atoms with E-state index in [1.165, 1.54) is 22.1 Å². The number of para-hydroxylation sites is 1. The Kier molecular flexibility index (Phi) is 5.40. The van der Waals surface area contributed by atoms with Gasteiger partial charge in [-0.3, -0.25) is 4.55 Å². The SMILES string of the molecule is O=S(=O)(O)c1ccccc1-c1nccs1.S=c1[nH]c2ccccc2s1. The maximum absolute atomic E-state index is 11.1. The third-order valence-corrected chi connectivity index (χ3v) is 6.09. The highest BCUT2D eigenvalue weighted by Crippen LogP contribution is 2.28. The first-order chi connectivity index (χ1) is 11.9. The second-order valence-electron chi connectivity index (χ2n) is 4.82. The van der Waals surface area contributed by atoms with E-state index in [-0.39, 0.29) is 4.90 Å². The van der Waals surface area contributed by atoms with Crippen LogP contribution in [0.15, 0.2) is 65.0 Å². The molecule has 2 aromatic heterocycles. The number of nitrogens with zero attached hydrogens (tertiary/aromatic N) is 1. The topological polar surface area (TPSA) is 83.1 Å². The molecule has 0 aliphatic rings. The van der Waals surface area contributed by atoms with Crippen molar-refractivity contribution in [2.45, 2.75) is 4.90 Å². The van der Waals surface area contributed by atoms with Gasteiger partial charge in [0, 0.05) is 17.1 Å². The number of nitrogens with one attached hydrogen (secondary N) is 1. The summed E-state index contributed by atoms with van der Waals surface area (Å²) < 4.78 is 33.3. The summed E-state index contributed by atoms with van der Waals surface area (Å²) in [7, 11) is -4.19. The molecular formula is C16H12N2O3S4. The molecule has 0 aliphatic heterocycles. The molecule has 0 spiro atoms. The minimum atomic E-state index is -4.19. The summed E-state index contributed by atoms with van der Waals surface area (Å²) in [6.45, 7) is 0. The Morgan fingerprint density at radius 1 is 1.08 bits per heavy atom. The lowest BCUT2D eigenvalue weighted by molar-refractivity contribution is 0.483. The second kappa shape index (κ2) is 7.54. The third-order valence-electron chi connectivity index (χ3n) is 3.15. The van der Waals surface area contributed by atoms with Gasteiger partial charge in [0.15, 0.2) is 3.95 Å². The van der Waals surface area contributed by atoms with Crippen molar-refractivity contribution in [2.75, 3.05) is 0 Å². The normalized spacial score (nSPS) is 11.1. The van der Waals surface area contributed by atoms with E-state index >= 15 is 0 Å². The second-order valence-corrected chi connectivity index (χ2v) is 8.82. The van der Waals surface area contributed by atoms with E-state index in [1.54, 1.807) is 41.1 Å². The highest BCUT2D eigenvalue weighted by molar-refractivity contribution is 7.86. The summed E-state index contributed by atoms with van der Waals surface area (Å²) in [6.07, 6.45) is 1.58. The molecule has 0 saturated heterocycles. The van der Waals surface area contributed by atoms with Crippen LogP contribution in [0.4, 0.5) is 0 Å². The first-order valence-electron chi connectivity index (χ1n) is 6.99. The molecular weight excluding hydrogens is 396 g/mol. The third kappa shape index (κ3) is 4.39. The van der Waals surface area contributed by atoms with Crippen molar-refractivity contribution in [3.8, 4) is 10.6 Å². The molecule has 2 aromatic carbocycles. The Balaban J connectivity index is 0.000000157. The van der Waals surface area contributed by atoms with E-state index in [2.05, 4.69) is 16.0 Å². The first-order valence-corrected chi connectivity index (χ1v) is 10.5. The van der Waals surface area contributed by atoms with E-state index < -0.39 is 10.1 Å². The maximum Gasteiger partial charge on any atom is 0.295 e. The van der Waals surface area contributed by atoms with Crippen LogP contribution in [0.2, 0.25) is 0 Å². The number of H-pyrrole nitrogens is 1. The highest BCUT2D eigenvalue weighted by atomic mass is 32.2. The van der Waals surface area contributed by atoms with Crippen molar-refractivity contribution in [2.24, 2.45) is 0 Å². The molecule has 0 fully saturated rings. The molecule has 4 aromatic rings. The number of hydrogen-bond acceptors (Lipinski definition) is 6. The van der Waals surface area contributed by atoms with Crippen molar-refractivity contribution in [1.82, 2.24) is 9.97 Å². The minimum absolute atomic E-state index is 0.111. The lowest BCUT2D eigenvalue weighted by Crippen LogP contribution is -2.00. The standard InChI is InChI=1S/C9H7NO3S2.C7H5NS2/c11-15(12,13)8-4-2-1-3-7(8)9-10-5-6-14-9;9-7-8-5-3-1-2-4-6(5)10-7/h1-6H,(H,11,12,13);1-4H,(H,8,9). The molecule has 0 unspecified atom stereocenters. The summed E-state index contributed by atoms with van der Waals surface area (Å²) in [6, 6.07) is 14.3. The van der Waals surface area contributed by atoms with Crippen LogP contribution >= 0.6 is 34.9 Å². The van der Waals surface area contributed by atoms with Gasteiger partial charge in [-0.1, -0.05) is 30.3 Å². The van der Waals surface area contributed by atoms with Crippen LogP contribution in [0.25, 0.3) is 20.8 Å². The van der Waals surface area contributed by atoms with Crippen LogP contribution in [0.3, 0.4) is 0 Å². The van der Waals surface area contributed by atoms with Gasteiger partial charge in [0.25, 0.3) is 10.1 Å². The molecule has 4 rings (SSSR count). The molecule has 9 heteroatoms. The lowest BCUT2D eigenvalue weighted by Gasteiger charge is -2.02. The fourth-order valence-electron chi connectivity index (χ4n) is 2.12. The van der Waals surface area contributed by atoms with Crippen molar-refractivity contribution in [3.63, 3.8) is 0 Å². The minimum Gasteiger partial charge on any atom is -0.337 e. The van der Waals surface area contributed by atoms with Crippen LogP contribution in [-0.4, -0.2) is 22.9 Å². The zero-order valence-electron chi connectivity index (χ0n) is 12.6. The molecule has 0 atom stereocenters. The molecule has 0 radical (unpaired) electrons. The molecule has 0 bridgehead atoms. The number of fused-ring (bicyclic) bond motifs is 1. The first kappa shape index (κ1) is 17.9. The van der Waals surface area contributed by atoms with E-state index in [0.29, 0.717) is 10.6 Å². The van der Waals surface area contributed by atoms with Gasteiger partial charge in [0.05, 0.1) is 10.2 Å². The van der Waals surface area contributed by atoms with Crippen LogP contribution in [0.5, 0.6) is 0 Å². The summed E-state index contributed by atoms with van der Waals surface area (Å²) in [4.78, 5) is 6.98. The van der Waals surface area contributed by atoms with E-state index in [0.717, 1.165) is 9.47 Å². The molecule has 0 aliphatic carbocycles. The molecule has 128 valence electrons. The van der Waals surface area contributed by atoms with Gasteiger partial charge in [-0.2, -0.15) is 8.42 Å². The molecule has 0 amide bonds. The predicted molar refractivity (Wildman–Crippen MR) is 104 cm³/mol. The number of benzene rings is 2. The van der Waals surface area contributed by atoms with Crippen molar-refractivity contribution < 1.29 is 13.0 Å². The van der Waals surface area contributed by atoms with Gasteiger partial charge < -0.3 is 4.98 Å². The van der Waals surface area contributed by atoms with Crippen LogP contribution < -0.4 is 0 Å². The van der Waals surface area contributed by atoms with E-state index in [4.69, 9.17) is 16.8 Å². The fourth-order valence-corrected chi connectivity index (χ4v) is 4.67. The Bertz CT molecular complexity index is 1110. The summed E-state index contributed by atoms with van der Waals surface area (Å²) in [5, 5.41) is 2.32. The quantitative estimate of drug-likeness (QED) is 0.360. The molecule has 2 heterocycles. The summed E-state index contributed by atoms with van der Waals surface area (Å²) >= 11 is 7.91. The zero-order valence-corrected chi connectivity index (χ0v) is 15.9. The van der Waals surface area contributed by atoms with Crippen LogP contribution in [-0.2, 0) is 10.1 Å². The molecule has 0 saturated carbocycles. The number of rotatable bonds is 2. The van der Waals surface area contributed by atoms with Gasteiger partial charge in [-0.05, 0) is 30.4 Å². The Morgan fingerprint density at radius 3 is 2.48 bits per heavy atom. The number of aromatic nitrogens is 2. The van der Waals surface area contributed by atoms with Gasteiger partial charge in [0.2, 0.25) is 0 Å². The fraction of sp³-hybridized carbons (Fsp3) is 0. The lowest BCUT2D eigenvalue weighted by atomic mass is 10.2. The van der Waals surface area contributed by atoms with Crippen LogP contribution in [0.1, 0.15) is 0 Å². The number of hydrogen-bond donors (Lipinski definition) is 2. The molecule has 5 nitrogen and oxygen atoms in total. The van der Waals surface area contributed by atoms with Crippen molar-refractivity contribution in [1.29, 1.82) is 0 Å². The van der Waals surface area contributed by atoms with E-state index in [9.17, 15) is 8.42 Å². The molecule has 2 N–H and O–H groups in total. The Hall–Kier alpha value is -1.91. The number of aromatic amines is 1. The van der Waals surface area contributed by atoms with E-state index in [1.807, 2.05) is 18.2 Å². The van der Waals surface area contributed by atoms with Gasteiger partial charge >= 0.3 is 0 Å². The smallest absolute Gasteiger partial charge is 0.295 e. The predicted octanol–water partition coefficient (Wildman–Crippen LogP) is 5.02. The highest BCUT2D eigenvalue weighted by Gasteiger charge is 2.16. The van der Waals surface area contributed by atoms with Gasteiger partial charge in [-0.15, -0.1) is 22.7 Å². The monoisotopic (exact) mass is 408 g/mol. The zero-order chi connectivity index (χ0) is 17.9. The van der Waals surface area contributed by atoms with Crippen molar-refractivity contribution in [3.05, 3.63) is 64.1 Å². The van der Waals surface area contributed by atoms with Crippen molar-refractivity contribution >= 4 is 55.2 Å². The van der Waals surface area contributed by atoms with Gasteiger partial charge in [0.1, 0.15) is 9.90 Å². The number of thiazole rings is 2. The van der Waals surface area contributed by atoms with Gasteiger partial charge in [-0.25, -0.2) is 4.98 Å². The van der Waals surface area contributed by atoms with Crippen LogP contribution in [0, 0.1) is 3.95 Å². The maximum atomic E-state index is 11.1. The average molecular weight is 409 g/mol. The largest absolute Gasteiger partial charge is 0.337 e. The Morgan fingerprint density at radius 2 is 1.80 bits per heavy atom. The molecule has 25 heavy (non-hydrogen) atoms. The summed E-state index contributed by atoms with van der Waals surface area (Å²) in [5.41, 5.74) is 1.56. The average Bonchev–Trinajstić information content (AvgIpc) is 3.23. The summed E-state index contributed by atoms with van der Waals surface area (Å²) in [5.74, 6) is 0.